The number of esters is 4. The van der Waals surface area contributed by atoms with Crippen LogP contribution in [0.5, 0.6) is 0 Å². The van der Waals surface area contributed by atoms with Crippen molar-refractivity contribution in [2.24, 2.45) is 35.5 Å². The van der Waals surface area contributed by atoms with Crippen molar-refractivity contribution in [2.45, 2.75) is 58.8 Å². The average molecular weight is 487 g/mol. The summed E-state index contributed by atoms with van der Waals surface area (Å²) in [5.41, 5.74) is 1.23. The van der Waals surface area contributed by atoms with E-state index in [4.69, 9.17) is 9.47 Å². The summed E-state index contributed by atoms with van der Waals surface area (Å²) in [7, 11) is 0. The van der Waals surface area contributed by atoms with Crippen LogP contribution in [0.3, 0.4) is 0 Å². The van der Waals surface area contributed by atoms with Crippen LogP contribution < -0.4 is 10.6 Å². The van der Waals surface area contributed by atoms with Gasteiger partial charge in [-0.3, -0.25) is 28.8 Å². The summed E-state index contributed by atoms with van der Waals surface area (Å²) in [6.07, 6.45) is 6.49. The van der Waals surface area contributed by atoms with Crippen LogP contribution in [0.15, 0.2) is 23.5 Å². The van der Waals surface area contributed by atoms with Crippen molar-refractivity contribution in [2.75, 3.05) is 0 Å². The summed E-state index contributed by atoms with van der Waals surface area (Å²) in [6.45, 7) is 3.62. The molecule has 2 heterocycles. The molecule has 0 aromatic rings. The first-order chi connectivity index (χ1) is 16.7. The van der Waals surface area contributed by atoms with Crippen LogP contribution in [0.1, 0.15) is 58.8 Å². The highest BCUT2D eigenvalue weighted by molar-refractivity contribution is 5.98. The fourth-order valence-corrected chi connectivity index (χ4v) is 5.48. The van der Waals surface area contributed by atoms with E-state index >= 15 is 0 Å². The van der Waals surface area contributed by atoms with Crippen molar-refractivity contribution < 1.29 is 38.2 Å². The van der Waals surface area contributed by atoms with Gasteiger partial charge in [0.15, 0.2) is 0 Å². The van der Waals surface area contributed by atoms with Gasteiger partial charge in [-0.1, -0.05) is 6.92 Å². The summed E-state index contributed by atoms with van der Waals surface area (Å²) in [6, 6.07) is 0. The SMILES string of the molecule is CC/C(=C\C=C(/C)NC(=O)C1CCC2C(=O)OC(=O)C2C1)NC(=O)C1CCC2C(=O)OC(=O)C2C1. The molecule has 6 unspecified atom stereocenters. The van der Waals surface area contributed by atoms with E-state index in [2.05, 4.69) is 10.6 Å². The summed E-state index contributed by atoms with van der Waals surface area (Å²) >= 11 is 0. The van der Waals surface area contributed by atoms with Crippen LogP contribution in [0.25, 0.3) is 0 Å². The highest BCUT2D eigenvalue weighted by Crippen LogP contribution is 2.40. The Kier molecular flexibility index (Phi) is 7.18. The zero-order chi connectivity index (χ0) is 25.3. The molecule has 2 aliphatic heterocycles. The number of ether oxygens (including phenoxy) is 2. The van der Waals surface area contributed by atoms with Gasteiger partial charge in [0, 0.05) is 23.2 Å². The second kappa shape index (κ2) is 10.1. The maximum Gasteiger partial charge on any atom is 0.317 e. The van der Waals surface area contributed by atoms with Crippen molar-refractivity contribution in [3.8, 4) is 0 Å². The number of rotatable bonds is 6. The molecule has 2 amide bonds. The van der Waals surface area contributed by atoms with E-state index in [0.29, 0.717) is 56.3 Å². The number of nitrogens with one attached hydrogen (secondary N) is 2. The summed E-state index contributed by atoms with van der Waals surface area (Å²) < 4.78 is 9.41. The number of allylic oxidation sites excluding steroid dienone is 4. The molecule has 4 rings (SSSR count). The smallest absolute Gasteiger partial charge is 0.317 e. The molecule has 10 nitrogen and oxygen atoms in total. The maximum absolute atomic E-state index is 12.8. The molecular weight excluding hydrogens is 456 g/mol. The third kappa shape index (κ3) is 5.21. The minimum atomic E-state index is -0.544. The standard InChI is InChI=1S/C25H30N2O8/c1-3-15(27-21(29)14-6-9-17-19(11-14)25(33)35-23(17)31)7-4-12(2)26-20(28)13-5-8-16-18(10-13)24(32)34-22(16)30/h4,7,13-14,16-19H,3,5-6,8-11H2,1-2H3,(H,26,28)(H,27,29)/b12-4+,15-7+. The van der Waals surface area contributed by atoms with E-state index in [1.54, 1.807) is 19.1 Å². The number of hydrogen-bond acceptors (Lipinski definition) is 8. The van der Waals surface area contributed by atoms with E-state index < -0.39 is 47.5 Å². The van der Waals surface area contributed by atoms with Crippen LogP contribution in [0.4, 0.5) is 0 Å². The molecule has 2 saturated carbocycles. The van der Waals surface area contributed by atoms with Gasteiger partial charge < -0.3 is 20.1 Å². The van der Waals surface area contributed by atoms with Crippen LogP contribution in [0, 0.1) is 35.5 Å². The lowest BCUT2D eigenvalue weighted by Crippen LogP contribution is -2.37. The Morgan fingerprint density at radius 3 is 1.69 bits per heavy atom. The molecule has 35 heavy (non-hydrogen) atoms. The Morgan fingerprint density at radius 1 is 0.743 bits per heavy atom. The molecule has 0 aromatic heterocycles. The average Bonchev–Trinajstić information content (AvgIpc) is 3.29. The lowest BCUT2D eigenvalue weighted by atomic mass is 9.75. The van der Waals surface area contributed by atoms with Crippen LogP contribution in [-0.4, -0.2) is 35.7 Å². The number of amides is 2. The molecule has 10 heteroatoms. The molecule has 188 valence electrons. The summed E-state index contributed by atoms with van der Waals surface area (Å²) in [5, 5.41) is 5.72. The van der Waals surface area contributed by atoms with Crippen LogP contribution >= 0.6 is 0 Å². The molecular formula is C25H30N2O8. The Bertz CT molecular complexity index is 1030. The second-order valence-corrected chi connectivity index (χ2v) is 9.80. The van der Waals surface area contributed by atoms with Crippen molar-refractivity contribution in [1.29, 1.82) is 0 Å². The summed E-state index contributed by atoms with van der Waals surface area (Å²) in [5.74, 6) is -5.18. The van der Waals surface area contributed by atoms with Gasteiger partial charge in [-0.2, -0.15) is 0 Å². The first-order valence-electron chi connectivity index (χ1n) is 12.2. The topological polar surface area (TPSA) is 145 Å². The van der Waals surface area contributed by atoms with Gasteiger partial charge in [-0.05, 0) is 64.0 Å². The minimum absolute atomic E-state index is 0.200. The van der Waals surface area contributed by atoms with Crippen molar-refractivity contribution >= 4 is 35.7 Å². The molecule has 0 spiro atoms. The normalized spacial score (nSPS) is 33.0. The van der Waals surface area contributed by atoms with Gasteiger partial charge in [0.25, 0.3) is 0 Å². The monoisotopic (exact) mass is 486 g/mol. The molecule has 2 aliphatic carbocycles. The maximum atomic E-state index is 12.8. The third-order valence-electron chi connectivity index (χ3n) is 7.58. The molecule has 0 radical (unpaired) electrons. The van der Waals surface area contributed by atoms with E-state index in [0.717, 1.165) is 0 Å². The molecule has 4 aliphatic rings. The zero-order valence-electron chi connectivity index (χ0n) is 19.8. The first-order valence-corrected chi connectivity index (χ1v) is 12.2. The van der Waals surface area contributed by atoms with Crippen molar-refractivity contribution in [3.05, 3.63) is 23.5 Å². The Hall–Kier alpha value is -3.30. The molecule has 0 bridgehead atoms. The number of cyclic esters (lactones) is 4. The van der Waals surface area contributed by atoms with Gasteiger partial charge in [-0.25, -0.2) is 0 Å². The Balaban J connectivity index is 1.30. The van der Waals surface area contributed by atoms with E-state index in [-0.39, 0.29) is 23.7 Å². The lowest BCUT2D eigenvalue weighted by molar-refractivity contribution is -0.155. The highest BCUT2D eigenvalue weighted by Gasteiger charge is 2.49. The minimum Gasteiger partial charge on any atom is -0.393 e. The number of carbonyl (C=O) groups is 6. The molecule has 6 atom stereocenters. The van der Waals surface area contributed by atoms with Crippen LogP contribution in [0.2, 0.25) is 0 Å². The van der Waals surface area contributed by atoms with Gasteiger partial charge in [0.05, 0.1) is 23.7 Å². The fraction of sp³-hybridized carbons (Fsp3) is 0.600. The zero-order valence-corrected chi connectivity index (χ0v) is 19.8. The van der Waals surface area contributed by atoms with Gasteiger partial charge >= 0.3 is 23.9 Å². The second-order valence-electron chi connectivity index (χ2n) is 9.80. The van der Waals surface area contributed by atoms with Gasteiger partial charge in [0.1, 0.15) is 0 Å². The first kappa shape index (κ1) is 24.8. The van der Waals surface area contributed by atoms with E-state index in [1.165, 1.54) is 0 Å². The van der Waals surface area contributed by atoms with Gasteiger partial charge in [-0.15, -0.1) is 0 Å². The number of fused-ring (bicyclic) bond motifs is 2. The molecule has 2 saturated heterocycles. The summed E-state index contributed by atoms with van der Waals surface area (Å²) in [4.78, 5) is 72.5. The quantitative estimate of drug-likeness (QED) is 0.327. The van der Waals surface area contributed by atoms with E-state index in [1.807, 2.05) is 6.92 Å². The molecule has 4 fully saturated rings. The highest BCUT2D eigenvalue weighted by atomic mass is 16.6. The predicted molar refractivity (Wildman–Crippen MR) is 119 cm³/mol. The van der Waals surface area contributed by atoms with Crippen LogP contribution in [-0.2, 0) is 38.2 Å². The Labute approximate surface area is 202 Å². The van der Waals surface area contributed by atoms with E-state index in [9.17, 15) is 28.8 Å². The van der Waals surface area contributed by atoms with Gasteiger partial charge in [0.2, 0.25) is 11.8 Å². The lowest BCUT2D eigenvalue weighted by Gasteiger charge is -2.27. The Morgan fingerprint density at radius 2 is 1.20 bits per heavy atom. The number of hydrogen-bond donors (Lipinski definition) is 2. The van der Waals surface area contributed by atoms with Crippen molar-refractivity contribution in [3.63, 3.8) is 0 Å². The third-order valence-corrected chi connectivity index (χ3v) is 7.58. The predicted octanol–water partition coefficient (Wildman–Crippen LogP) is 1.65. The number of carbonyl (C=O) groups excluding carboxylic acids is 6. The largest absolute Gasteiger partial charge is 0.393 e. The molecule has 0 aromatic carbocycles. The van der Waals surface area contributed by atoms with Crippen molar-refractivity contribution in [1.82, 2.24) is 10.6 Å². The molecule has 2 N–H and O–H groups in total. The fourth-order valence-electron chi connectivity index (χ4n) is 5.48.